The van der Waals surface area contributed by atoms with E-state index >= 15 is 0 Å². The lowest BCUT2D eigenvalue weighted by atomic mass is 10.1. The van der Waals surface area contributed by atoms with E-state index in [-0.39, 0.29) is 5.78 Å². The van der Waals surface area contributed by atoms with Gasteiger partial charge in [0.15, 0.2) is 5.69 Å². The zero-order valence-electron chi connectivity index (χ0n) is 10.0. The van der Waals surface area contributed by atoms with Crippen molar-refractivity contribution >= 4 is 5.78 Å². The summed E-state index contributed by atoms with van der Waals surface area (Å²) in [5.74, 6) is 0.451. The van der Waals surface area contributed by atoms with Crippen LogP contribution < -0.4 is 10.5 Å². The molecule has 0 atom stereocenters. The highest BCUT2D eigenvalue weighted by Crippen LogP contribution is 2.15. The van der Waals surface area contributed by atoms with Crippen LogP contribution in [-0.4, -0.2) is 34.4 Å². The lowest BCUT2D eigenvalue weighted by Crippen LogP contribution is -2.10. The second kappa shape index (κ2) is 5.42. The Bertz CT molecular complexity index is 551. The molecule has 0 radical (unpaired) electrons. The molecule has 0 amide bonds. The molecule has 94 valence electrons. The van der Waals surface area contributed by atoms with E-state index in [4.69, 9.17) is 10.5 Å². The van der Waals surface area contributed by atoms with Crippen LogP contribution in [0.2, 0.25) is 0 Å². The molecule has 0 saturated heterocycles. The summed E-state index contributed by atoms with van der Waals surface area (Å²) in [5, 5.41) is 7.66. The van der Waals surface area contributed by atoms with Crippen molar-refractivity contribution in [1.82, 2.24) is 15.0 Å². The Morgan fingerprint density at radius 1 is 1.50 bits per heavy atom. The molecule has 1 aromatic carbocycles. The SMILES string of the molecule is COc1cccc(C(=O)c2cn(CCN)nn2)c1. The van der Waals surface area contributed by atoms with Gasteiger partial charge in [-0.3, -0.25) is 9.48 Å². The molecule has 1 heterocycles. The second-order valence-electron chi connectivity index (χ2n) is 3.72. The van der Waals surface area contributed by atoms with Gasteiger partial charge < -0.3 is 10.5 Å². The number of nitrogens with zero attached hydrogens (tertiary/aromatic N) is 3. The maximum Gasteiger partial charge on any atom is 0.215 e. The number of aromatic nitrogens is 3. The molecule has 2 N–H and O–H groups in total. The van der Waals surface area contributed by atoms with Crippen molar-refractivity contribution < 1.29 is 9.53 Å². The fraction of sp³-hybridized carbons (Fsp3) is 0.250. The minimum Gasteiger partial charge on any atom is -0.497 e. The minimum atomic E-state index is -0.183. The van der Waals surface area contributed by atoms with Crippen LogP contribution in [0.3, 0.4) is 0 Å². The van der Waals surface area contributed by atoms with Gasteiger partial charge in [-0.2, -0.15) is 0 Å². The molecule has 0 spiro atoms. The lowest BCUT2D eigenvalue weighted by Gasteiger charge is -2.01. The Morgan fingerprint density at radius 2 is 2.33 bits per heavy atom. The molecular weight excluding hydrogens is 232 g/mol. The molecule has 0 aliphatic rings. The number of carbonyl (C=O) groups is 1. The summed E-state index contributed by atoms with van der Waals surface area (Å²) in [7, 11) is 1.56. The number of methoxy groups -OCH3 is 1. The second-order valence-corrected chi connectivity index (χ2v) is 3.72. The normalized spacial score (nSPS) is 10.3. The van der Waals surface area contributed by atoms with Gasteiger partial charge in [0, 0.05) is 12.1 Å². The van der Waals surface area contributed by atoms with Crippen LogP contribution in [0.15, 0.2) is 30.5 Å². The summed E-state index contributed by atoms with van der Waals surface area (Å²) in [5.41, 5.74) is 6.23. The van der Waals surface area contributed by atoms with Gasteiger partial charge in [0.25, 0.3) is 0 Å². The van der Waals surface area contributed by atoms with Crippen LogP contribution in [-0.2, 0) is 6.54 Å². The number of nitrogens with two attached hydrogens (primary N) is 1. The van der Waals surface area contributed by atoms with Crippen LogP contribution in [0.25, 0.3) is 0 Å². The predicted molar refractivity (Wildman–Crippen MR) is 65.5 cm³/mol. The number of carbonyl (C=O) groups excluding carboxylic acids is 1. The van der Waals surface area contributed by atoms with Crippen molar-refractivity contribution in [2.24, 2.45) is 5.73 Å². The maximum absolute atomic E-state index is 12.1. The Kier molecular flexibility index (Phi) is 3.69. The molecule has 2 aromatic rings. The third kappa shape index (κ3) is 2.54. The molecule has 2 rings (SSSR count). The van der Waals surface area contributed by atoms with Crippen molar-refractivity contribution in [2.45, 2.75) is 6.54 Å². The van der Waals surface area contributed by atoms with E-state index in [1.54, 1.807) is 42.3 Å². The van der Waals surface area contributed by atoms with Gasteiger partial charge in [-0.1, -0.05) is 17.3 Å². The minimum absolute atomic E-state index is 0.183. The molecule has 0 fully saturated rings. The zero-order valence-corrected chi connectivity index (χ0v) is 10.0. The quantitative estimate of drug-likeness (QED) is 0.776. The Balaban J connectivity index is 2.23. The molecule has 1 aromatic heterocycles. The van der Waals surface area contributed by atoms with Gasteiger partial charge in [-0.15, -0.1) is 5.10 Å². The molecule has 0 aliphatic heterocycles. The highest BCUT2D eigenvalue weighted by atomic mass is 16.5. The molecule has 6 nitrogen and oxygen atoms in total. The highest BCUT2D eigenvalue weighted by molar-refractivity contribution is 6.07. The van der Waals surface area contributed by atoms with Crippen LogP contribution in [0.1, 0.15) is 16.1 Å². The summed E-state index contributed by atoms with van der Waals surface area (Å²) < 4.78 is 6.62. The average Bonchev–Trinajstić information content (AvgIpc) is 2.87. The van der Waals surface area contributed by atoms with Crippen LogP contribution in [0, 0.1) is 0 Å². The standard InChI is InChI=1S/C12H14N4O2/c1-18-10-4-2-3-9(7-10)12(17)11-8-16(6-5-13)15-14-11/h2-4,7-8H,5-6,13H2,1H3. The summed E-state index contributed by atoms with van der Waals surface area (Å²) >= 11 is 0. The fourth-order valence-electron chi connectivity index (χ4n) is 1.56. The molecule has 6 heteroatoms. The van der Waals surface area contributed by atoms with Crippen molar-refractivity contribution in [3.05, 3.63) is 41.7 Å². The first-order valence-electron chi connectivity index (χ1n) is 5.53. The first-order valence-corrected chi connectivity index (χ1v) is 5.53. The number of benzene rings is 1. The number of ether oxygens (including phenoxy) is 1. The Labute approximate surface area is 104 Å². The van der Waals surface area contributed by atoms with E-state index in [9.17, 15) is 4.79 Å². The number of rotatable bonds is 5. The smallest absolute Gasteiger partial charge is 0.215 e. The monoisotopic (exact) mass is 246 g/mol. The lowest BCUT2D eigenvalue weighted by molar-refractivity contribution is 0.103. The van der Waals surface area contributed by atoms with E-state index in [1.165, 1.54) is 0 Å². The van der Waals surface area contributed by atoms with E-state index in [1.807, 2.05) is 0 Å². The van der Waals surface area contributed by atoms with E-state index < -0.39 is 0 Å². The largest absolute Gasteiger partial charge is 0.497 e. The Morgan fingerprint density at radius 3 is 3.06 bits per heavy atom. The molecular formula is C12H14N4O2. The van der Waals surface area contributed by atoms with Gasteiger partial charge in [0.1, 0.15) is 5.75 Å². The van der Waals surface area contributed by atoms with E-state index in [2.05, 4.69) is 10.3 Å². The predicted octanol–water partition coefficient (Wildman–Crippen LogP) is 0.476. The number of ketones is 1. The molecule has 0 bridgehead atoms. The molecule has 18 heavy (non-hydrogen) atoms. The van der Waals surface area contributed by atoms with Crippen molar-refractivity contribution in [1.29, 1.82) is 0 Å². The summed E-state index contributed by atoms with van der Waals surface area (Å²) in [6.45, 7) is 0.995. The molecule has 0 unspecified atom stereocenters. The first-order chi connectivity index (χ1) is 8.74. The number of hydrogen-bond acceptors (Lipinski definition) is 5. The third-order valence-electron chi connectivity index (χ3n) is 2.46. The molecule has 0 saturated carbocycles. The van der Waals surface area contributed by atoms with E-state index in [0.29, 0.717) is 30.1 Å². The van der Waals surface area contributed by atoms with Gasteiger partial charge in [-0.25, -0.2) is 0 Å². The van der Waals surface area contributed by atoms with Crippen LogP contribution in [0.5, 0.6) is 5.75 Å². The fourth-order valence-corrected chi connectivity index (χ4v) is 1.56. The average molecular weight is 246 g/mol. The van der Waals surface area contributed by atoms with E-state index in [0.717, 1.165) is 0 Å². The summed E-state index contributed by atoms with van der Waals surface area (Å²) in [4.78, 5) is 12.1. The van der Waals surface area contributed by atoms with Crippen molar-refractivity contribution in [2.75, 3.05) is 13.7 Å². The van der Waals surface area contributed by atoms with Crippen molar-refractivity contribution in [3.63, 3.8) is 0 Å². The van der Waals surface area contributed by atoms with Crippen molar-refractivity contribution in [3.8, 4) is 5.75 Å². The zero-order chi connectivity index (χ0) is 13.0. The summed E-state index contributed by atoms with van der Waals surface area (Å²) in [6, 6.07) is 6.93. The maximum atomic E-state index is 12.1. The number of hydrogen-bond donors (Lipinski definition) is 1. The highest BCUT2D eigenvalue weighted by Gasteiger charge is 2.13. The van der Waals surface area contributed by atoms with Gasteiger partial charge >= 0.3 is 0 Å². The van der Waals surface area contributed by atoms with Gasteiger partial charge in [0.2, 0.25) is 5.78 Å². The molecule has 0 aliphatic carbocycles. The van der Waals surface area contributed by atoms with Gasteiger partial charge in [0.05, 0.1) is 19.9 Å². The Hall–Kier alpha value is -2.21. The summed E-state index contributed by atoms with van der Waals surface area (Å²) in [6.07, 6.45) is 1.59. The first kappa shape index (κ1) is 12.3. The van der Waals surface area contributed by atoms with Gasteiger partial charge in [-0.05, 0) is 12.1 Å². The van der Waals surface area contributed by atoms with Crippen LogP contribution >= 0.6 is 0 Å². The third-order valence-corrected chi connectivity index (χ3v) is 2.46. The van der Waals surface area contributed by atoms with Crippen LogP contribution in [0.4, 0.5) is 0 Å². The topological polar surface area (TPSA) is 83.0 Å².